The van der Waals surface area contributed by atoms with Crippen LogP contribution in [0.3, 0.4) is 0 Å². The van der Waals surface area contributed by atoms with Crippen molar-refractivity contribution in [1.29, 1.82) is 0 Å². The summed E-state index contributed by atoms with van der Waals surface area (Å²) in [5, 5.41) is 4.55. The Balaban J connectivity index is 1.61. The summed E-state index contributed by atoms with van der Waals surface area (Å²) in [5.41, 5.74) is 10.9. The standard InChI is InChI=1S/C22H31N3O2S/c1-13(26)27-19-7-6-17-16-5-4-14-12-15(24-25-20(23)28)8-10-21(14,2)18(16)9-11-22(17,19)3/h4-5,12,16-19H,6-11H2,1-3H3,(H3,23,25,28)/t16-,17-,18-,19-,21-,22-/m0/s1. The topological polar surface area (TPSA) is 76.7 Å². The fraction of sp³-hybridized carbons (Fsp3) is 0.682. The number of ether oxygens (including phenoxy) is 1. The lowest BCUT2D eigenvalue weighted by Crippen LogP contribution is -2.50. The summed E-state index contributed by atoms with van der Waals surface area (Å²) in [5.74, 6) is 1.66. The van der Waals surface area contributed by atoms with E-state index in [1.165, 1.54) is 18.9 Å². The predicted octanol–water partition coefficient (Wildman–Crippen LogP) is 3.85. The quantitative estimate of drug-likeness (QED) is 0.418. The normalized spacial score (nSPS) is 42.8. The van der Waals surface area contributed by atoms with Crippen molar-refractivity contribution in [3.8, 4) is 0 Å². The number of esters is 1. The average molecular weight is 402 g/mol. The first-order chi connectivity index (χ1) is 13.2. The molecular formula is C22H31N3O2S. The Kier molecular flexibility index (Phi) is 4.89. The molecule has 0 heterocycles. The first-order valence-electron chi connectivity index (χ1n) is 10.4. The molecule has 4 aliphatic rings. The van der Waals surface area contributed by atoms with Crippen LogP contribution in [0.2, 0.25) is 0 Å². The van der Waals surface area contributed by atoms with Crippen molar-refractivity contribution in [1.82, 2.24) is 5.43 Å². The molecule has 0 unspecified atom stereocenters. The Morgan fingerprint density at radius 3 is 2.79 bits per heavy atom. The zero-order valence-electron chi connectivity index (χ0n) is 17.0. The van der Waals surface area contributed by atoms with E-state index in [4.69, 9.17) is 22.7 Å². The maximum absolute atomic E-state index is 11.6. The summed E-state index contributed by atoms with van der Waals surface area (Å²) in [6, 6.07) is 0. The largest absolute Gasteiger partial charge is 0.462 e. The minimum Gasteiger partial charge on any atom is -0.462 e. The van der Waals surface area contributed by atoms with Gasteiger partial charge in [-0.15, -0.1) is 0 Å². The third kappa shape index (κ3) is 3.10. The molecule has 4 rings (SSSR count). The van der Waals surface area contributed by atoms with Gasteiger partial charge in [0.25, 0.3) is 0 Å². The van der Waals surface area contributed by atoms with Crippen LogP contribution in [0.5, 0.6) is 0 Å². The highest BCUT2D eigenvalue weighted by Gasteiger charge is 2.58. The van der Waals surface area contributed by atoms with Crippen LogP contribution in [-0.4, -0.2) is 22.9 Å². The van der Waals surface area contributed by atoms with Crippen molar-refractivity contribution in [2.24, 2.45) is 39.4 Å². The molecule has 2 fully saturated rings. The van der Waals surface area contributed by atoms with E-state index < -0.39 is 0 Å². The second-order valence-electron chi connectivity index (χ2n) is 9.47. The number of allylic oxidation sites excluding steroid dienone is 4. The number of hydrazone groups is 1. The van der Waals surface area contributed by atoms with Gasteiger partial charge in [-0.25, -0.2) is 0 Å². The highest BCUT2D eigenvalue weighted by atomic mass is 32.1. The van der Waals surface area contributed by atoms with Gasteiger partial charge >= 0.3 is 5.97 Å². The van der Waals surface area contributed by atoms with Crippen molar-refractivity contribution in [3.05, 3.63) is 23.8 Å². The number of carbonyl (C=O) groups excluding carboxylic acids is 1. The second kappa shape index (κ2) is 6.97. The van der Waals surface area contributed by atoms with E-state index >= 15 is 0 Å². The summed E-state index contributed by atoms with van der Waals surface area (Å²) < 4.78 is 5.74. The molecule has 0 spiro atoms. The third-order valence-electron chi connectivity index (χ3n) is 8.06. The smallest absolute Gasteiger partial charge is 0.302 e. The molecule has 0 aromatic rings. The van der Waals surface area contributed by atoms with Gasteiger partial charge in [0.05, 0.1) is 5.71 Å². The van der Waals surface area contributed by atoms with Gasteiger partial charge in [0, 0.05) is 12.3 Å². The molecule has 0 aromatic heterocycles. The van der Waals surface area contributed by atoms with Crippen LogP contribution in [0.1, 0.15) is 59.3 Å². The monoisotopic (exact) mass is 401 g/mol. The lowest BCUT2D eigenvalue weighted by atomic mass is 9.49. The van der Waals surface area contributed by atoms with E-state index in [1.807, 2.05) is 0 Å². The van der Waals surface area contributed by atoms with Gasteiger partial charge < -0.3 is 10.5 Å². The summed E-state index contributed by atoms with van der Waals surface area (Å²) in [4.78, 5) is 11.6. The number of nitrogens with zero attached hydrogens (tertiary/aromatic N) is 1. The van der Waals surface area contributed by atoms with Crippen LogP contribution in [0.15, 0.2) is 28.9 Å². The summed E-state index contributed by atoms with van der Waals surface area (Å²) in [6.45, 7) is 6.32. The van der Waals surface area contributed by atoms with Gasteiger partial charge in [-0.1, -0.05) is 26.0 Å². The van der Waals surface area contributed by atoms with Crippen molar-refractivity contribution in [3.63, 3.8) is 0 Å². The van der Waals surface area contributed by atoms with E-state index in [9.17, 15) is 4.79 Å². The number of carbonyl (C=O) groups is 1. The molecule has 0 saturated heterocycles. The van der Waals surface area contributed by atoms with Crippen molar-refractivity contribution in [2.75, 3.05) is 0 Å². The van der Waals surface area contributed by atoms with E-state index in [1.54, 1.807) is 0 Å². The zero-order valence-corrected chi connectivity index (χ0v) is 17.8. The fourth-order valence-corrected chi connectivity index (χ4v) is 6.61. The van der Waals surface area contributed by atoms with E-state index in [0.29, 0.717) is 17.8 Å². The lowest BCUT2D eigenvalue weighted by Gasteiger charge is -2.55. The molecule has 152 valence electrons. The number of fused-ring (bicyclic) bond motifs is 5. The van der Waals surface area contributed by atoms with E-state index in [0.717, 1.165) is 37.8 Å². The molecule has 28 heavy (non-hydrogen) atoms. The van der Waals surface area contributed by atoms with E-state index in [-0.39, 0.29) is 28.0 Å². The van der Waals surface area contributed by atoms with Crippen LogP contribution in [-0.2, 0) is 9.53 Å². The van der Waals surface area contributed by atoms with Gasteiger partial charge in [0.15, 0.2) is 5.11 Å². The maximum Gasteiger partial charge on any atom is 0.302 e. The molecular weight excluding hydrogens is 370 g/mol. The molecule has 0 bridgehead atoms. The van der Waals surface area contributed by atoms with Gasteiger partial charge in [0.2, 0.25) is 0 Å². The number of hydrogen-bond acceptors (Lipinski definition) is 4. The summed E-state index contributed by atoms with van der Waals surface area (Å²) in [7, 11) is 0. The van der Waals surface area contributed by atoms with Crippen LogP contribution < -0.4 is 11.2 Å². The number of nitrogens with two attached hydrogens (primary N) is 1. The lowest BCUT2D eigenvalue weighted by molar-refractivity contribution is -0.155. The van der Waals surface area contributed by atoms with Crippen LogP contribution >= 0.6 is 12.2 Å². The minimum atomic E-state index is -0.143. The number of thiocarbonyl (C=S) groups is 1. The highest BCUT2D eigenvalue weighted by Crippen LogP contribution is 2.64. The van der Waals surface area contributed by atoms with Crippen LogP contribution in [0, 0.1) is 28.6 Å². The number of rotatable bonds is 2. The number of hydrogen-bond donors (Lipinski definition) is 2. The molecule has 0 radical (unpaired) electrons. The molecule has 5 nitrogen and oxygen atoms in total. The molecule has 6 heteroatoms. The Hall–Kier alpha value is -1.69. The Bertz CT molecular complexity index is 789. The molecule has 0 aromatic carbocycles. The third-order valence-corrected chi connectivity index (χ3v) is 8.15. The first-order valence-corrected chi connectivity index (χ1v) is 10.8. The Morgan fingerprint density at radius 2 is 2.07 bits per heavy atom. The molecule has 3 N–H and O–H groups in total. The van der Waals surface area contributed by atoms with Gasteiger partial charge in [0.1, 0.15) is 6.10 Å². The second-order valence-corrected chi connectivity index (χ2v) is 9.91. The van der Waals surface area contributed by atoms with Crippen LogP contribution in [0.4, 0.5) is 0 Å². The van der Waals surface area contributed by atoms with E-state index in [2.05, 4.69) is 42.6 Å². The Morgan fingerprint density at radius 1 is 1.29 bits per heavy atom. The summed E-state index contributed by atoms with van der Waals surface area (Å²) in [6.07, 6.45) is 13.5. The fourth-order valence-electron chi connectivity index (χ4n) is 6.57. The average Bonchev–Trinajstić information content (AvgIpc) is 2.95. The predicted molar refractivity (Wildman–Crippen MR) is 115 cm³/mol. The van der Waals surface area contributed by atoms with Gasteiger partial charge in [-0.05, 0) is 85.6 Å². The Labute approximate surface area is 172 Å². The summed E-state index contributed by atoms with van der Waals surface area (Å²) >= 11 is 4.86. The van der Waals surface area contributed by atoms with Crippen LogP contribution in [0.25, 0.3) is 0 Å². The molecule has 4 aliphatic carbocycles. The first kappa shape index (κ1) is 19.6. The van der Waals surface area contributed by atoms with Crippen molar-refractivity contribution >= 4 is 29.0 Å². The molecule has 0 aliphatic heterocycles. The highest BCUT2D eigenvalue weighted by molar-refractivity contribution is 7.80. The SMILES string of the molecule is CC(=O)O[C@H]1CC[C@H]2[C@@H]3C=CC4=CC(=NNC(N)=S)CC[C@]4(C)[C@H]3CC[C@]12C. The van der Waals surface area contributed by atoms with Gasteiger partial charge in [-0.3, -0.25) is 10.2 Å². The molecule has 0 amide bonds. The number of nitrogens with one attached hydrogen (secondary N) is 1. The molecule has 2 saturated carbocycles. The van der Waals surface area contributed by atoms with Gasteiger partial charge in [-0.2, -0.15) is 5.10 Å². The minimum absolute atomic E-state index is 0.0744. The van der Waals surface area contributed by atoms with Crippen molar-refractivity contribution in [2.45, 2.75) is 65.4 Å². The zero-order chi connectivity index (χ0) is 20.1. The maximum atomic E-state index is 11.6. The molecule has 6 atom stereocenters. The van der Waals surface area contributed by atoms with Crippen molar-refractivity contribution < 1.29 is 9.53 Å².